The smallest absolute Gasteiger partial charge is 0.328 e. The van der Waals surface area contributed by atoms with Gasteiger partial charge in [0.05, 0.1) is 7.11 Å². The Hall–Kier alpha value is -2.36. The molecule has 2 aromatic carbocycles. The Labute approximate surface area is 130 Å². The third-order valence-corrected chi connectivity index (χ3v) is 3.99. The number of nitrogens with one attached hydrogen (secondary N) is 1. The van der Waals surface area contributed by atoms with E-state index in [9.17, 15) is 9.59 Å². The zero-order chi connectivity index (χ0) is 16.1. The molecule has 2 atom stereocenters. The van der Waals surface area contributed by atoms with E-state index in [4.69, 9.17) is 4.74 Å². The van der Waals surface area contributed by atoms with Crippen molar-refractivity contribution >= 4 is 22.6 Å². The highest BCUT2D eigenvalue weighted by Crippen LogP contribution is 2.19. The van der Waals surface area contributed by atoms with Crippen LogP contribution in [0, 0.1) is 5.92 Å². The van der Waals surface area contributed by atoms with Crippen molar-refractivity contribution in [3.05, 3.63) is 48.0 Å². The van der Waals surface area contributed by atoms with E-state index in [1.54, 1.807) is 6.07 Å². The number of benzene rings is 2. The summed E-state index contributed by atoms with van der Waals surface area (Å²) in [5, 5.41) is 4.68. The molecular weight excluding hydrogens is 278 g/mol. The molecule has 2 rings (SSSR count). The first-order chi connectivity index (χ1) is 10.6. The summed E-state index contributed by atoms with van der Waals surface area (Å²) < 4.78 is 4.81. The van der Waals surface area contributed by atoms with Crippen LogP contribution in [-0.4, -0.2) is 25.0 Å². The number of ether oxygens (including phenoxy) is 1. The van der Waals surface area contributed by atoms with E-state index >= 15 is 0 Å². The van der Waals surface area contributed by atoms with Crippen LogP contribution in [0.1, 0.15) is 30.6 Å². The molecule has 0 radical (unpaired) electrons. The first-order valence-electron chi connectivity index (χ1n) is 7.45. The Morgan fingerprint density at radius 2 is 1.82 bits per heavy atom. The van der Waals surface area contributed by atoms with Crippen molar-refractivity contribution in [3.63, 3.8) is 0 Å². The quantitative estimate of drug-likeness (QED) is 0.863. The largest absolute Gasteiger partial charge is 0.467 e. The van der Waals surface area contributed by atoms with E-state index in [-0.39, 0.29) is 11.8 Å². The van der Waals surface area contributed by atoms with E-state index in [2.05, 4.69) is 5.32 Å². The zero-order valence-electron chi connectivity index (χ0n) is 13.1. The van der Waals surface area contributed by atoms with Gasteiger partial charge in [0.2, 0.25) is 0 Å². The summed E-state index contributed by atoms with van der Waals surface area (Å²) in [5.74, 6) is -0.665. The maximum Gasteiger partial charge on any atom is 0.328 e. The van der Waals surface area contributed by atoms with Gasteiger partial charge < -0.3 is 10.1 Å². The average molecular weight is 299 g/mol. The Balaban J connectivity index is 2.31. The summed E-state index contributed by atoms with van der Waals surface area (Å²) in [5.41, 5.74) is 0.565. The van der Waals surface area contributed by atoms with Crippen molar-refractivity contribution in [1.82, 2.24) is 5.32 Å². The molecule has 22 heavy (non-hydrogen) atoms. The van der Waals surface area contributed by atoms with Crippen molar-refractivity contribution in [2.75, 3.05) is 7.11 Å². The second kappa shape index (κ2) is 7.07. The number of methoxy groups -OCH3 is 1. The van der Waals surface area contributed by atoms with Gasteiger partial charge in [-0.1, -0.05) is 56.7 Å². The third-order valence-electron chi connectivity index (χ3n) is 3.99. The van der Waals surface area contributed by atoms with Gasteiger partial charge in [-0.15, -0.1) is 0 Å². The lowest BCUT2D eigenvalue weighted by atomic mass is 9.98. The number of hydrogen-bond acceptors (Lipinski definition) is 3. The van der Waals surface area contributed by atoms with E-state index in [1.165, 1.54) is 7.11 Å². The molecule has 0 saturated heterocycles. The van der Waals surface area contributed by atoms with Crippen LogP contribution in [-0.2, 0) is 9.53 Å². The highest BCUT2D eigenvalue weighted by atomic mass is 16.5. The van der Waals surface area contributed by atoms with E-state index in [1.807, 2.05) is 50.2 Å². The SMILES string of the molecule is CC[C@H](C)[C@@H](NC(=O)c1cccc2ccccc12)C(=O)OC. The maximum atomic E-state index is 12.6. The summed E-state index contributed by atoms with van der Waals surface area (Å²) in [7, 11) is 1.34. The minimum Gasteiger partial charge on any atom is -0.467 e. The Morgan fingerprint density at radius 1 is 1.14 bits per heavy atom. The van der Waals surface area contributed by atoms with Gasteiger partial charge in [-0.3, -0.25) is 4.79 Å². The van der Waals surface area contributed by atoms with Gasteiger partial charge in [0, 0.05) is 5.56 Å². The second-order valence-electron chi connectivity index (χ2n) is 5.39. The lowest BCUT2D eigenvalue weighted by Crippen LogP contribution is -2.45. The van der Waals surface area contributed by atoms with Crippen LogP contribution in [0.15, 0.2) is 42.5 Å². The van der Waals surface area contributed by atoms with Gasteiger partial charge in [-0.25, -0.2) is 4.79 Å². The molecule has 0 bridgehead atoms. The summed E-state index contributed by atoms with van der Waals surface area (Å²) in [6.07, 6.45) is 0.773. The van der Waals surface area contributed by atoms with Crippen LogP contribution in [0.2, 0.25) is 0 Å². The van der Waals surface area contributed by atoms with Crippen LogP contribution < -0.4 is 5.32 Å². The molecule has 1 amide bonds. The van der Waals surface area contributed by atoms with Crippen LogP contribution in [0.5, 0.6) is 0 Å². The number of amides is 1. The van der Waals surface area contributed by atoms with Crippen LogP contribution >= 0.6 is 0 Å². The first-order valence-corrected chi connectivity index (χ1v) is 7.45. The number of hydrogen-bond donors (Lipinski definition) is 1. The first kappa shape index (κ1) is 16.0. The fourth-order valence-electron chi connectivity index (χ4n) is 2.44. The molecular formula is C18H21NO3. The van der Waals surface area contributed by atoms with Crippen molar-refractivity contribution < 1.29 is 14.3 Å². The maximum absolute atomic E-state index is 12.6. The molecule has 0 fully saturated rings. The molecule has 2 aromatic rings. The van der Waals surface area contributed by atoms with Crippen molar-refractivity contribution in [3.8, 4) is 0 Å². The fourth-order valence-corrected chi connectivity index (χ4v) is 2.44. The molecule has 0 heterocycles. The van der Waals surface area contributed by atoms with Gasteiger partial charge in [0.1, 0.15) is 6.04 Å². The second-order valence-corrected chi connectivity index (χ2v) is 5.39. The van der Waals surface area contributed by atoms with Gasteiger partial charge >= 0.3 is 5.97 Å². The molecule has 0 unspecified atom stereocenters. The highest BCUT2D eigenvalue weighted by Gasteiger charge is 2.27. The normalized spacial score (nSPS) is 13.4. The molecule has 0 aliphatic heterocycles. The summed E-state index contributed by atoms with van der Waals surface area (Å²) in [4.78, 5) is 24.5. The molecule has 0 aliphatic rings. The van der Waals surface area contributed by atoms with Crippen molar-refractivity contribution in [1.29, 1.82) is 0 Å². The Bertz CT molecular complexity index is 676. The lowest BCUT2D eigenvalue weighted by Gasteiger charge is -2.22. The molecule has 0 saturated carbocycles. The third kappa shape index (κ3) is 3.27. The minimum atomic E-state index is -0.638. The number of rotatable bonds is 5. The van der Waals surface area contributed by atoms with Crippen molar-refractivity contribution in [2.24, 2.45) is 5.92 Å². The number of carbonyl (C=O) groups is 2. The molecule has 0 aliphatic carbocycles. The van der Waals surface area contributed by atoms with Crippen molar-refractivity contribution in [2.45, 2.75) is 26.3 Å². The number of carbonyl (C=O) groups excluding carboxylic acids is 2. The summed E-state index contributed by atoms with van der Waals surface area (Å²) in [6, 6.07) is 12.6. The number of fused-ring (bicyclic) bond motifs is 1. The van der Waals surface area contributed by atoms with Crippen LogP contribution in [0.3, 0.4) is 0 Å². The summed E-state index contributed by atoms with van der Waals surface area (Å²) >= 11 is 0. The average Bonchev–Trinajstić information content (AvgIpc) is 2.57. The van der Waals surface area contributed by atoms with Gasteiger partial charge in [0.15, 0.2) is 0 Å². The van der Waals surface area contributed by atoms with Gasteiger partial charge in [-0.05, 0) is 22.8 Å². The molecule has 0 spiro atoms. The fraction of sp³-hybridized carbons (Fsp3) is 0.333. The van der Waals surface area contributed by atoms with E-state index in [0.717, 1.165) is 17.2 Å². The molecule has 0 aromatic heterocycles. The van der Waals surface area contributed by atoms with E-state index in [0.29, 0.717) is 5.56 Å². The molecule has 4 nitrogen and oxygen atoms in total. The summed E-state index contributed by atoms with van der Waals surface area (Å²) in [6.45, 7) is 3.90. The molecule has 116 valence electrons. The molecule has 4 heteroatoms. The topological polar surface area (TPSA) is 55.4 Å². The van der Waals surface area contributed by atoms with Crippen LogP contribution in [0.4, 0.5) is 0 Å². The predicted molar refractivity (Wildman–Crippen MR) is 86.7 cm³/mol. The standard InChI is InChI=1S/C18H21NO3/c1-4-12(2)16(18(21)22-3)19-17(20)15-11-7-9-13-8-5-6-10-14(13)15/h5-12,16H,4H2,1-3H3,(H,19,20)/t12-,16+/m0/s1. The molecule has 1 N–H and O–H groups in total. The number of esters is 1. The highest BCUT2D eigenvalue weighted by molar-refractivity contribution is 6.07. The predicted octanol–water partition coefficient (Wildman–Crippen LogP) is 3.16. The van der Waals surface area contributed by atoms with Crippen LogP contribution in [0.25, 0.3) is 10.8 Å². The van der Waals surface area contributed by atoms with Gasteiger partial charge in [0.25, 0.3) is 5.91 Å². The lowest BCUT2D eigenvalue weighted by molar-refractivity contribution is -0.144. The van der Waals surface area contributed by atoms with E-state index < -0.39 is 12.0 Å². The monoisotopic (exact) mass is 299 g/mol. The Kier molecular flexibility index (Phi) is 5.15. The van der Waals surface area contributed by atoms with Gasteiger partial charge in [-0.2, -0.15) is 0 Å². The Morgan fingerprint density at radius 3 is 2.50 bits per heavy atom. The zero-order valence-corrected chi connectivity index (χ0v) is 13.1. The minimum absolute atomic E-state index is 0.00590.